The molecule has 0 atom stereocenters. The van der Waals surface area contributed by atoms with Crippen LogP contribution in [0, 0.1) is 5.41 Å². The summed E-state index contributed by atoms with van der Waals surface area (Å²) in [6, 6.07) is 3.68. The minimum absolute atomic E-state index is 0.112. The van der Waals surface area contributed by atoms with E-state index in [1.165, 1.54) is 11.8 Å². The molecule has 2 aromatic heterocycles. The fraction of sp³-hybridized carbons (Fsp3) is 0.375. The number of rotatable bonds is 3. The normalized spacial score (nSPS) is 16.8. The fourth-order valence-corrected chi connectivity index (χ4v) is 3.29. The first-order chi connectivity index (χ1) is 11.4. The highest BCUT2D eigenvalue weighted by Crippen LogP contribution is 2.26. The predicted molar refractivity (Wildman–Crippen MR) is 97.4 cm³/mol. The number of nitrogens with zero attached hydrogens (tertiary/aromatic N) is 4. The van der Waals surface area contributed by atoms with Crippen molar-refractivity contribution in [3.05, 3.63) is 36.4 Å². The van der Waals surface area contributed by atoms with Gasteiger partial charge >= 0.3 is 0 Å². The van der Waals surface area contributed by atoms with E-state index in [0.29, 0.717) is 5.69 Å². The molecule has 0 amide bonds. The molecule has 1 aliphatic rings. The van der Waals surface area contributed by atoms with E-state index in [9.17, 15) is 0 Å². The highest BCUT2D eigenvalue weighted by molar-refractivity contribution is 8.14. The highest BCUT2D eigenvalue weighted by atomic mass is 32.2. The van der Waals surface area contributed by atoms with Crippen LogP contribution in [0.4, 0.5) is 11.6 Å². The van der Waals surface area contributed by atoms with Gasteiger partial charge in [0.25, 0.3) is 0 Å². The maximum Gasteiger partial charge on any atom is 0.154 e. The van der Waals surface area contributed by atoms with Crippen LogP contribution in [0.3, 0.4) is 0 Å². The van der Waals surface area contributed by atoms with Gasteiger partial charge in [0, 0.05) is 35.9 Å². The molecule has 0 saturated carbocycles. The van der Waals surface area contributed by atoms with Gasteiger partial charge in [-0.15, -0.1) is 0 Å². The lowest BCUT2D eigenvalue weighted by atomic mass is 9.91. The molecule has 0 spiro atoms. The second-order valence-electron chi connectivity index (χ2n) is 6.22. The highest BCUT2D eigenvalue weighted by Gasteiger charge is 2.27. The first-order valence-electron chi connectivity index (χ1n) is 7.78. The fourth-order valence-electron chi connectivity index (χ4n) is 2.54. The monoisotopic (exact) mass is 343 g/mol. The summed E-state index contributed by atoms with van der Waals surface area (Å²) >= 11 is 1.28. The summed E-state index contributed by atoms with van der Waals surface area (Å²) in [5.74, 6) is 1.02. The zero-order valence-electron chi connectivity index (χ0n) is 13.6. The molecule has 8 heteroatoms. The lowest BCUT2D eigenvalue weighted by Crippen LogP contribution is -2.48. The van der Waals surface area contributed by atoms with Gasteiger partial charge < -0.3 is 16.4 Å². The van der Waals surface area contributed by atoms with E-state index in [1.54, 1.807) is 18.6 Å². The molecular formula is C16H21N7S. The van der Waals surface area contributed by atoms with E-state index in [1.807, 2.05) is 12.1 Å². The van der Waals surface area contributed by atoms with Crippen molar-refractivity contribution < 1.29 is 0 Å². The maximum atomic E-state index is 8.20. The number of thioether (sulfide) groups is 1. The van der Waals surface area contributed by atoms with Crippen molar-refractivity contribution in [2.75, 3.05) is 23.7 Å². The zero-order valence-corrected chi connectivity index (χ0v) is 14.4. The van der Waals surface area contributed by atoms with Crippen LogP contribution in [0.5, 0.6) is 0 Å². The Morgan fingerprint density at radius 1 is 1.29 bits per heavy atom. The Balaban J connectivity index is 1.72. The molecule has 5 N–H and O–H groups in total. The number of nitrogens with one attached hydrogen (secondary N) is 1. The predicted octanol–water partition coefficient (Wildman–Crippen LogP) is 1.89. The molecule has 126 valence electrons. The number of piperidine rings is 1. The Labute approximate surface area is 145 Å². The summed E-state index contributed by atoms with van der Waals surface area (Å²) in [6.45, 7) is 3.75. The van der Waals surface area contributed by atoms with Crippen molar-refractivity contribution in [3.63, 3.8) is 0 Å². The largest absolute Gasteiger partial charge is 0.382 e. The standard InChI is InChI=1S/C16H21N7S/c1-16(19)4-8-23(9-5-16)12-10-21-13(14(17)22-12)15(18)24-11-2-6-20-7-3-11/h2-3,6-7,10,18H,4-5,8-9,19H2,1H3,(H2,17,22). The third kappa shape index (κ3) is 3.82. The molecule has 2 aromatic rings. The van der Waals surface area contributed by atoms with Crippen molar-refractivity contribution in [2.45, 2.75) is 30.2 Å². The van der Waals surface area contributed by atoms with Crippen molar-refractivity contribution in [1.82, 2.24) is 15.0 Å². The smallest absolute Gasteiger partial charge is 0.154 e. The van der Waals surface area contributed by atoms with Crippen molar-refractivity contribution in [2.24, 2.45) is 5.73 Å². The molecule has 1 fully saturated rings. The van der Waals surface area contributed by atoms with Crippen molar-refractivity contribution in [1.29, 1.82) is 5.41 Å². The molecule has 0 bridgehead atoms. The lowest BCUT2D eigenvalue weighted by molar-refractivity contribution is 0.363. The van der Waals surface area contributed by atoms with Gasteiger partial charge in [-0.3, -0.25) is 10.4 Å². The van der Waals surface area contributed by atoms with Gasteiger partial charge in [0.05, 0.1) is 6.20 Å². The van der Waals surface area contributed by atoms with Gasteiger partial charge in [0.1, 0.15) is 16.6 Å². The van der Waals surface area contributed by atoms with Gasteiger partial charge in [-0.25, -0.2) is 9.97 Å². The van der Waals surface area contributed by atoms with Crippen LogP contribution in [0.15, 0.2) is 35.6 Å². The van der Waals surface area contributed by atoms with Crippen molar-refractivity contribution >= 4 is 28.4 Å². The number of hydrogen-bond acceptors (Lipinski definition) is 8. The third-order valence-corrected chi connectivity index (χ3v) is 5.01. The molecule has 3 rings (SSSR count). The topological polar surface area (TPSA) is 118 Å². The SMILES string of the molecule is CC1(N)CCN(c2cnc(C(=N)Sc3ccncc3)c(N)n2)CC1. The van der Waals surface area contributed by atoms with E-state index < -0.39 is 0 Å². The molecule has 3 heterocycles. The van der Waals surface area contributed by atoms with Crippen LogP contribution in [-0.4, -0.2) is 38.6 Å². The van der Waals surface area contributed by atoms with E-state index in [4.69, 9.17) is 16.9 Å². The molecule has 0 aromatic carbocycles. The number of nitrogens with two attached hydrogens (primary N) is 2. The van der Waals surface area contributed by atoms with Gasteiger partial charge in [-0.05, 0) is 31.9 Å². The summed E-state index contributed by atoms with van der Waals surface area (Å²) in [6.07, 6.45) is 6.88. The van der Waals surface area contributed by atoms with Crippen LogP contribution >= 0.6 is 11.8 Å². The maximum absolute atomic E-state index is 8.20. The van der Waals surface area contributed by atoms with Gasteiger partial charge in [0.15, 0.2) is 5.82 Å². The number of aromatic nitrogens is 3. The third-order valence-electron chi connectivity index (χ3n) is 4.10. The Hall–Kier alpha value is -2.19. The Bertz CT molecular complexity index is 722. The van der Waals surface area contributed by atoms with Gasteiger partial charge in [-0.1, -0.05) is 11.8 Å². The van der Waals surface area contributed by atoms with E-state index in [2.05, 4.69) is 26.8 Å². The quantitative estimate of drug-likeness (QED) is 0.442. The zero-order chi connectivity index (χ0) is 17.2. The molecule has 1 aliphatic heterocycles. The minimum atomic E-state index is -0.112. The van der Waals surface area contributed by atoms with Crippen LogP contribution in [0.1, 0.15) is 25.5 Å². The number of pyridine rings is 1. The summed E-state index contributed by atoms with van der Waals surface area (Å²) in [7, 11) is 0. The molecule has 1 saturated heterocycles. The van der Waals surface area contributed by atoms with Crippen LogP contribution < -0.4 is 16.4 Å². The molecule has 0 radical (unpaired) electrons. The number of hydrogen-bond donors (Lipinski definition) is 3. The molecule has 0 unspecified atom stereocenters. The Morgan fingerprint density at radius 2 is 1.96 bits per heavy atom. The average Bonchev–Trinajstić information content (AvgIpc) is 2.55. The second-order valence-corrected chi connectivity index (χ2v) is 7.30. The summed E-state index contributed by atoms with van der Waals surface area (Å²) in [5, 5.41) is 8.47. The van der Waals surface area contributed by atoms with Crippen LogP contribution in [-0.2, 0) is 0 Å². The summed E-state index contributed by atoms with van der Waals surface area (Å²) in [5.41, 5.74) is 12.5. The van der Waals surface area contributed by atoms with E-state index in [0.717, 1.165) is 36.6 Å². The molecule has 7 nitrogen and oxygen atoms in total. The number of nitrogen functional groups attached to an aromatic ring is 1. The molecule has 24 heavy (non-hydrogen) atoms. The van der Waals surface area contributed by atoms with Crippen LogP contribution in [0.25, 0.3) is 0 Å². The molecule has 0 aliphatic carbocycles. The summed E-state index contributed by atoms with van der Waals surface area (Å²) < 4.78 is 0. The number of anilines is 2. The average molecular weight is 343 g/mol. The van der Waals surface area contributed by atoms with Gasteiger partial charge in [-0.2, -0.15) is 0 Å². The Kier molecular flexibility index (Phi) is 4.68. The van der Waals surface area contributed by atoms with Crippen LogP contribution in [0.2, 0.25) is 0 Å². The second kappa shape index (κ2) is 6.74. The summed E-state index contributed by atoms with van der Waals surface area (Å²) in [4.78, 5) is 15.8. The van der Waals surface area contributed by atoms with E-state index >= 15 is 0 Å². The molecular weight excluding hydrogens is 322 g/mol. The van der Waals surface area contributed by atoms with E-state index in [-0.39, 0.29) is 16.4 Å². The van der Waals surface area contributed by atoms with Gasteiger partial charge in [0.2, 0.25) is 0 Å². The first kappa shape index (κ1) is 16.7. The lowest BCUT2D eigenvalue weighted by Gasteiger charge is -2.37. The van der Waals surface area contributed by atoms with Crippen molar-refractivity contribution in [3.8, 4) is 0 Å². The Morgan fingerprint density at radius 3 is 2.58 bits per heavy atom. The first-order valence-corrected chi connectivity index (χ1v) is 8.59. The minimum Gasteiger partial charge on any atom is -0.382 e.